The third-order valence-corrected chi connectivity index (χ3v) is 12.7. The molecule has 11 heteroatoms. The second-order valence-electron chi connectivity index (χ2n) is 18.0. The highest BCUT2D eigenvalue weighted by molar-refractivity contribution is 5.19. The predicted molar refractivity (Wildman–Crippen MR) is 272 cm³/mol. The van der Waals surface area contributed by atoms with Crippen LogP contribution >= 0.6 is 0 Å². The van der Waals surface area contributed by atoms with Gasteiger partial charge in [-0.1, -0.05) is 212 Å². The molecule has 2 fully saturated rings. The average Bonchev–Trinajstić information content (AvgIpc) is 3.43. The van der Waals surface area contributed by atoms with Gasteiger partial charge in [-0.05, 0) is 38.9 Å². The molecule has 7 aromatic carbocycles. The lowest BCUT2D eigenvalue weighted by Gasteiger charge is -2.49. The average molecular weight is 973 g/mol. The summed E-state index contributed by atoms with van der Waals surface area (Å²) < 4.78 is 68.6. The van der Waals surface area contributed by atoms with Gasteiger partial charge >= 0.3 is 0 Å². The lowest BCUT2D eigenvalue weighted by Crippen LogP contribution is -2.66. The van der Waals surface area contributed by atoms with Gasteiger partial charge in [0.05, 0.1) is 59.5 Å². The van der Waals surface area contributed by atoms with Gasteiger partial charge in [0.2, 0.25) is 0 Å². The largest absolute Gasteiger partial charge is 0.374 e. The van der Waals surface area contributed by atoms with Crippen LogP contribution in [0.5, 0.6) is 0 Å². The fourth-order valence-electron chi connectivity index (χ4n) is 8.97. The van der Waals surface area contributed by atoms with Crippen molar-refractivity contribution >= 4 is 0 Å². The first-order chi connectivity index (χ1) is 35.6. The molecule has 2 aliphatic heterocycles. The van der Waals surface area contributed by atoms with E-state index < -0.39 is 61.4 Å². The van der Waals surface area contributed by atoms with Gasteiger partial charge in [-0.15, -0.1) is 0 Å². The summed E-state index contributed by atoms with van der Waals surface area (Å²) >= 11 is 0. The zero-order valence-corrected chi connectivity index (χ0v) is 40.4. The van der Waals surface area contributed by atoms with Crippen molar-refractivity contribution < 1.29 is 52.5 Å². The zero-order chi connectivity index (χ0) is 49.0. The maximum atomic E-state index is 12.0. The topological polar surface area (TPSA) is 113 Å². The summed E-state index contributed by atoms with van der Waals surface area (Å²) in [6.07, 6.45) is -9.37. The van der Waals surface area contributed by atoms with Crippen molar-refractivity contribution in [1.29, 1.82) is 0 Å². The Balaban J connectivity index is 1.10. The highest BCUT2D eigenvalue weighted by Gasteiger charge is 2.54. The van der Waals surface area contributed by atoms with Crippen LogP contribution in [0.15, 0.2) is 212 Å². The lowest BCUT2D eigenvalue weighted by molar-refractivity contribution is -0.374. The molecule has 0 aromatic heterocycles. The van der Waals surface area contributed by atoms with E-state index in [1.165, 1.54) is 0 Å². The Kier molecular flexibility index (Phi) is 19.3. The van der Waals surface area contributed by atoms with Crippen LogP contribution in [0.25, 0.3) is 0 Å². The summed E-state index contributed by atoms with van der Waals surface area (Å²) in [6, 6.07) is 69.6. The van der Waals surface area contributed by atoms with E-state index in [4.69, 9.17) is 47.4 Å². The van der Waals surface area contributed by atoms with Crippen molar-refractivity contribution in [3.05, 3.63) is 251 Å². The summed E-state index contributed by atoms with van der Waals surface area (Å²) in [6.45, 7) is 1.91. The van der Waals surface area contributed by atoms with Crippen molar-refractivity contribution in [3.63, 3.8) is 0 Å². The Morgan fingerprint density at radius 1 is 0.292 bits per heavy atom. The van der Waals surface area contributed by atoms with Crippen LogP contribution in [0, 0.1) is 0 Å². The number of rotatable bonds is 25. The first-order valence-electron chi connectivity index (χ1n) is 24.8. The van der Waals surface area contributed by atoms with Crippen molar-refractivity contribution in [2.75, 3.05) is 13.2 Å². The number of hydrogen-bond donors (Lipinski definition) is 1. The third kappa shape index (κ3) is 14.8. The van der Waals surface area contributed by atoms with Gasteiger partial charge in [-0.25, -0.2) is 0 Å². The van der Waals surface area contributed by atoms with E-state index >= 15 is 0 Å². The lowest BCUT2D eigenvalue weighted by atomic mass is 9.95. The highest BCUT2D eigenvalue weighted by Crippen LogP contribution is 2.36. The van der Waals surface area contributed by atoms with Crippen LogP contribution in [0.1, 0.15) is 38.9 Å². The van der Waals surface area contributed by atoms with Gasteiger partial charge in [0.25, 0.3) is 0 Å². The van der Waals surface area contributed by atoms with Gasteiger partial charge in [-0.2, -0.15) is 0 Å². The van der Waals surface area contributed by atoms with Crippen LogP contribution in [0.2, 0.25) is 0 Å². The summed E-state index contributed by atoms with van der Waals surface area (Å²) in [5.74, 6) is 0. The van der Waals surface area contributed by atoms with E-state index in [0.29, 0.717) is 13.2 Å². The number of aliphatic hydroxyl groups is 1. The van der Waals surface area contributed by atoms with Crippen LogP contribution < -0.4 is 0 Å². The minimum Gasteiger partial charge on any atom is -0.374 e. The Labute approximate surface area is 423 Å². The molecule has 9 rings (SSSR count). The zero-order valence-electron chi connectivity index (χ0n) is 40.4. The van der Waals surface area contributed by atoms with Crippen molar-refractivity contribution in [1.82, 2.24) is 0 Å². The molecule has 0 radical (unpaired) electrons. The van der Waals surface area contributed by atoms with Crippen LogP contribution in [-0.4, -0.2) is 79.7 Å². The molecule has 0 saturated carbocycles. The Morgan fingerprint density at radius 2 is 0.569 bits per heavy atom. The fraction of sp³-hybridized carbons (Fsp3) is 0.311. The molecule has 72 heavy (non-hydrogen) atoms. The van der Waals surface area contributed by atoms with E-state index in [9.17, 15) is 5.11 Å². The number of hydrogen-bond acceptors (Lipinski definition) is 11. The fourth-order valence-corrected chi connectivity index (χ4v) is 8.97. The van der Waals surface area contributed by atoms with Gasteiger partial charge in [-0.3, -0.25) is 0 Å². The summed E-state index contributed by atoms with van der Waals surface area (Å²) in [5, 5.41) is 12.0. The van der Waals surface area contributed by atoms with E-state index in [-0.39, 0.29) is 46.2 Å². The summed E-state index contributed by atoms with van der Waals surface area (Å²) in [4.78, 5) is 0. The second kappa shape index (κ2) is 27.2. The molecule has 0 spiro atoms. The maximum absolute atomic E-state index is 12.0. The van der Waals surface area contributed by atoms with E-state index in [2.05, 4.69) is 0 Å². The van der Waals surface area contributed by atoms with Gasteiger partial charge in [0, 0.05) is 0 Å². The molecule has 11 nitrogen and oxygen atoms in total. The van der Waals surface area contributed by atoms with Crippen molar-refractivity contribution in [2.24, 2.45) is 0 Å². The molecular formula is C61H64O11. The summed E-state index contributed by atoms with van der Waals surface area (Å²) in [5.41, 5.74) is 6.75. The SMILES string of the molecule is O[C@H]1O[C@H](COCc2ccccc2)[C@@H](OC2O[C@H](COCc3ccccc3)[C@@H](OCc3ccccc3)[C@H](OCc3ccccc3)[C@H]2OCc2ccccc2)[C@H](OCc2ccccc2)[C@@H]1OCc1ccccc1. The van der Waals surface area contributed by atoms with Crippen LogP contribution in [0.3, 0.4) is 0 Å². The number of ether oxygens (including phenoxy) is 10. The van der Waals surface area contributed by atoms with Gasteiger partial charge in [0.1, 0.15) is 48.8 Å². The molecule has 10 atom stereocenters. The number of aliphatic hydroxyl groups excluding tert-OH is 1. The monoisotopic (exact) mass is 972 g/mol. The molecule has 2 aliphatic rings. The Bertz CT molecular complexity index is 2550. The maximum Gasteiger partial charge on any atom is 0.187 e. The van der Waals surface area contributed by atoms with E-state index in [1.54, 1.807) is 0 Å². The van der Waals surface area contributed by atoms with E-state index in [0.717, 1.165) is 38.9 Å². The molecule has 0 bridgehead atoms. The molecule has 1 unspecified atom stereocenters. The first kappa shape index (κ1) is 51.0. The summed E-state index contributed by atoms with van der Waals surface area (Å²) in [7, 11) is 0. The van der Waals surface area contributed by atoms with Gasteiger partial charge in [0.15, 0.2) is 12.6 Å². The van der Waals surface area contributed by atoms with Gasteiger partial charge < -0.3 is 52.5 Å². The third-order valence-electron chi connectivity index (χ3n) is 12.7. The van der Waals surface area contributed by atoms with Crippen molar-refractivity contribution in [3.8, 4) is 0 Å². The molecule has 7 aromatic rings. The number of benzene rings is 7. The molecule has 1 N–H and O–H groups in total. The molecule has 2 saturated heterocycles. The smallest absolute Gasteiger partial charge is 0.187 e. The van der Waals surface area contributed by atoms with Crippen LogP contribution in [-0.2, 0) is 93.6 Å². The Hall–Kier alpha value is -5.90. The quantitative estimate of drug-likeness (QED) is 0.0591. The van der Waals surface area contributed by atoms with E-state index in [1.807, 2.05) is 212 Å². The molecular weight excluding hydrogens is 909 g/mol. The highest BCUT2D eigenvalue weighted by atomic mass is 16.8. The first-order valence-corrected chi connectivity index (χ1v) is 24.8. The molecule has 374 valence electrons. The minimum absolute atomic E-state index is 0.0375. The molecule has 2 heterocycles. The Morgan fingerprint density at radius 3 is 0.931 bits per heavy atom. The standard InChI is InChI=1S/C61H64O11/c62-60-58(68-41-50-32-18-6-19-33-50)57(67-40-49-30-16-5-17-31-49)55(53(70-60)44-64-37-46-24-10-2-11-25-46)72-61-59(69-42-51-34-20-7-21-35-51)56(66-39-48-28-14-4-15-29-48)54(65-38-47-26-12-3-13-27-47)52(71-61)43-63-36-45-22-8-1-9-23-45/h1-35,52-62H,36-44H2/t52-,53-,54-,55-,56+,57+,58+,59-,60+,61?/m1/s1. The molecule has 0 aliphatic carbocycles. The molecule has 0 amide bonds. The predicted octanol–water partition coefficient (Wildman–Crippen LogP) is 10.2. The normalized spacial score (nSPS) is 24.2. The van der Waals surface area contributed by atoms with Crippen LogP contribution in [0.4, 0.5) is 0 Å². The van der Waals surface area contributed by atoms with Crippen molar-refractivity contribution in [2.45, 2.75) is 108 Å². The second-order valence-corrected chi connectivity index (χ2v) is 18.0. The minimum atomic E-state index is -1.41.